The number of thiophene rings is 1. The van der Waals surface area contributed by atoms with Crippen molar-refractivity contribution in [1.29, 1.82) is 0 Å². The summed E-state index contributed by atoms with van der Waals surface area (Å²) in [6, 6.07) is 15.0. The molecule has 3 N–H and O–H groups in total. The van der Waals surface area contributed by atoms with Crippen LogP contribution in [-0.4, -0.2) is 39.1 Å². The van der Waals surface area contributed by atoms with Crippen molar-refractivity contribution in [2.75, 3.05) is 18.4 Å². The molecule has 4 aromatic heterocycles. The predicted octanol–water partition coefficient (Wildman–Crippen LogP) is 5.58. The van der Waals surface area contributed by atoms with Crippen LogP contribution in [0.4, 0.5) is 5.82 Å². The van der Waals surface area contributed by atoms with Crippen molar-refractivity contribution >= 4 is 33.9 Å². The average Bonchev–Trinajstić information content (AvgIpc) is 3.47. The van der Waals surface area contributed by atoms with Crippen LogP contribution in [0, 0.1) is 6.92 Å². The maximum absolute atomic E-state index is 4.89. The molecule has 8 heteroatoms. The third-order valence-electron chi connectivity index (χ3n) is 6.42. The van der Waals surface area contributed by atoms with E-state index in [1.54, 1.807) is 11.3 Å². The lowest BCUT2D eigenvalue weighted by molar-refractivity contribution is 0.724. The van der Waals surface area contributed by atoms with Gasteiger partial charge in [0.15, 0.2) is 5.84 Å². The predicted molar refractivity (Wildman–Crippen MR) is 148 cm³/mol. The first-order valence-corrected chi connectivity index (χ1v) is 13.0. The van der Waals surface area contributed by atoms with Crippen LogP contribution in [0.1, 0.15) is 28.6 Å². The maximum Gasteiger partial charge on any atom is 0.155 e. The topological polar surface area (TPSA) is 90.9 Å². The van der Waals surface area contributed by atoms with Crippen molar-refractivity contribution in [3.05, 3.63) is 82.8 Å². The molecule has 5 heterocycles. The van der Waals surface area contributed by atoms with Gasteiger partial charge in [-0.15, -0.1) is 11.3 Å². The maximum atomic E-state index is 4.89. The zero-order valence-electron chi connectivity index (χ0n) is 20.3. The van der Waals surface area contributed by atoms with Gasteiger partial charge >= 0.3 is 0 Å². The number of aromatic nitrogens is 4. The summed E-state index contributed by atoms with van der Waals surface area (Å²) in [6.07, 6.45) is 6.51. The molecule has 1 aromatic carbocycles. The number of nitrogens with one attached hydrogen (secondary N) is 3. The van der Waals surface area contributed by atoms with Crippen molar-refractivity contribution in [2.24, 2.45) is 4.99 Å². The second-order valence-corrected chi connectivity index (χ2v) is 10.2. The Bertz CT molecular complexity index is 1580. The van der Waals surface area contributed by atoms with Crippen LogP contribution in [0.2, 0.25) is 0 Å². The summed E-state index contributed by atoms with van der Waals surface area (Å²) in [7, 11) is 0. The molecule has 0 saturated carbocycles. The second kappa shape index (κ2) is 9.64. The summed E-state index contributed by atoms with van der Waals surface area (Å²) in [5.41, 5.74) is 7.53. The molecule has 36 heavy (non-hydrogen) atoms. The van der Waals surface area contributed by atoms with E-state index in [4.69, 9.17) is 4.99 Å². The SMILES string of the molecule is CCNCc1cncc(-c2ccc3[nH]nc(C4=NCCc5c(-c6ccc(C)s6)ccnc5N4)c3c2)c1. The molecule has 1 aliphatic rings. The summed E-state index contributed by atoms with van der Waals surface area (Å²) >= 11 is 1.81. The van der Waals surface area contributed by atoms with E-state index in [2.05, 4.69) is 87.1 Å². The molecule has 0 aliphatic carbocycles. The molecule has 0 saturated heterocycles. The average molecular weight is 494 g/mol. The summed E-state index contributed by atoms with van der Waals surface area (Å²) < 4.78 is 0. The Hall–Kier alpha value is -3.88. The molecule has 0 amide bonds. The summed E-state index contributed by atoms with van der Waals surface area (Å²) in [5.74, 6) is 1.59. The molecule has 0 fully saturated rings. The number of benzene rings is 1. The number of amidine groups is 1. The van der Waals surface area contributed by atoms with Crippen LogP contribution in [0.5, 0.6) is 0 Å². The fourth-order valence-electron chi connectivity index (χ4n) is 4.61. The zero-order chi connectivity index (χ0) is 24.5. The number of aryl methyl sites for hydroxylation is 1. The fourth-order valence-corrected chi connectivity index (χ4v) is 5.53. The Balaban J connectivity index is 1.35. The third-order valence-corrected chi connectivity index (χ3v) is 7.46. The molecule has 1 aliphatic heterocycles. The van der Waals surface area contributed by atoms with Gasteiger partial charge in [0.25, 0.3) is 0 Å². The molecule has 0 atom stereocenters. The Morgan fingerprint density at radius 2 is 2.00 bits per heavy atom. The Morgan fingerprint density at radius 1 is 1.06 bits per heavy atom. The number of nitrogens with zero attached hydrogens (tertiary/aromatic N) is 4. The Kier molecular flexibility index (Phi) is 6.04. The Labute approximate surface area is 213 Å². The largest absolute Gasteiger partial charge is 0.323 e. The lowest BCUT2D eigenvalue weighted by Gasteiger charge is -2.12. The van der Waals surface area contributed by atoms with Gasteiger partial charge in [0, 0.05) is 63.5 Å². The van der Waals surface area contributed by atoms with Crippen LogP contribution in [0.3, 0.4) is 0 Å². The summed E-state index contributed by atoms with van der Waals surface area (Å²) in [6.45, 7) is 6.64. The second-order valence-electron chi connectivity index (χ2n) is 8.90. The van der Waals surface area contributed by atoms with Gasteiger partial charge in [-0.3, -0.25) is 15.1 Å². The summed E-state index contributed by atoms with van der Waals surface area (Å²) in [4.78, 5) is 16.6. The van der Waals surface area contributed by atoms with Gasteiger partial charge in [-0.1, -0.05) is 13.0 Å². The number of aromatic amines is 1. The van der Waals surface area contributed by atoms with Gasteiger partial charge in [0.1, 0.15) is 11.5 Å². The van der Waals surface area contributed by atoms with Crippen molar-refractivity contribution in [3.8, 4) is 21.6 Å². The van der Waals surface area contributed by atoms with E-state index in [1.807, 2.05) is 18.6 Å². The molecular formula is C28H27N7S. The fraction of sp³-hybridized carbons (Fsp3) is 0.214. The van der Waals surface area contributed by atoms with Crippen LogP contribution >= 0.6 is 11.3 Å². The van der Waals surface area contributed by atoms with Gasteiger partial charge in [-0.05, 0) is 67.4 Å². The highest BCUT2D eigenvalue weighted by Gasteiger charge is 2.20. The number of rotatable bonds is 6. The number of anilines is 1. The molecule has 5 aromatic rings. The molecule has 0 bridgehead atoms. The molecule has 180 valence electrons. The number of hydrogen-bond donors (Lipinski definition) is 3. The van der Waals surface area contributed by atoms with E-state index in [1.165, 1.54) is 20.9 Å². The van der Waals surface area contributed by atoms with E-state index in [0.717, 1.165) is 64.5 Å². The standard InChI is InChI=1S/C28H27N7S/c1-3-29-14-18-12-20(16-30-15-18)19-5-6-24-23(13-19)26(35-34-24)28-32-11-9-22-21(8-10-31-27(22)33-28)25-7-4-17(2)36-25/h4-8,10,12-13,15-16,29H,3,9,11,14H2,1-2H3,(H,34,35)(H,31,32,33). The molecule has 0 radical (unpaired) electrons. The molecule has 7 nitrogen and oxygen atoms in total. The lowest BCUT2D eigenvalue weighted by Crippen LogP contribution is -2.15. The minimum absolute atomic E-state index is 0.669. The van der Waals surface area contributed by atoms with Gasteiger partial charge in [-0.25, -0.2) is 4.98 Å². The van der Waals surface area contributed by atoms with Gasteiger partial charge in [-0.2, -0.15) is 5.10 Å². The normalized spacial score (nSPS) is 13.2. The van der Waals surface area contributed by atoms with Crippen molar-refractivity contribution in [3.63, 3.8) is 0 Å². The smallest absolute Gasteiger partial charge is 0.155 e. The van der Waals surface area contributed by atoms with E-state index < -0.39 is 0 Å². The number of aliphatic imine (C=N–C) groups is 1. The molecule has 0 unspecified atom stereocenters. The Morgan fingerprint density at radius 3 is 2.86 bits per heavy atom. The van der Waals surface area contributed by atoms with E-state index in [9.17, 15) is 0 Å². The number of fused-ring (bicyclic) bond motifs is 2. The highest BCUT2D eigenvalue weighted by molar-refractivity contribution is 7.15. The first-order valence-electron chi connectivity index (χ1n) is 12.2. The molecular weight excluding hydrogens is 466 g/mol. The zero-order valence-corrected chi connectivity index (χ0v) is 21.1. The number of H-pyrrole nitrogens is 1. The first kappa shape index (κ1) is 22.6. The monoisotopic (exact) mass is 493 g/mol. The van der Waals surface area contributed by atoms with Gasteiger partial charge in [0.05, 0.1) is 5.52 Å². The van der Waals surface area contributed by atoms with E-state index in [-0.39, 0.29) is 0 Å². The number of pyridine rings is 2. The quantitative estimate of drug-likeness (QED) is 0.287. The molecule has 6 rings (SSSR count). The van der Waals surface area contributed by atoms with Crippen LogP contribution < -0.4 is 10.6 Å². The van der Waals surface area contributed by atoms with E-state index in [0.29, 0.717) is 6.54 Å². The van der Waals surface area contributed by atoms with Crippen LogP contribution in [-0.2, 0) is 13.0 Å². The van der Waals surface area contributed by atoms with Crippen molar-refractivity contribution in [1.82, 2.24) is 25.5 Å². The highest BCUT2D eigenvalue weighted by atomic mass is 32.1. The van der Waals surface area contributed by atoms with Crippen molar-refractivity contribution in [2.45, 2.75) is 26.8 Å². The highest BCUT2D eigenvalue weighted by Crippen LogP contribution is 2.34. The third kappa shape index (κ3) is 4.29. The summed E-state index contributed by atoms with van der Waals surface area (Å²) in [5, 5.41) is 15.7. The van der Waals surface area contributed by atoms with E-state index >= 15 is 0 Å². The van der Waals surface area contributed by atoms with Gasteiger partial charge in [0.2, 0.25) is 0 Å². The minimum Gasteiger partial charge on any atom is -0.323 e. The van der Waals surface area contributed by atoms with Crippen LogP contribution in [0.25, 0.3) is 32.5 Å². The molecule has 0 spiro atoms. The van der Waals surface area contributed by atoms with Crippen molar-refractivity contribution < 1.29 is 0 Å². The lowest BCUT2D eigenvalue weighted by atomic mass is 10.0. The van der Waals surface area contributed by atoms with Gasteiger partial charge < -0.3 is 10.6 Å². The first-order chi connectivity index (χ1) is 17.7. The van der Waals surface area contributed by atoms with Crippen LogP contribution in [0.15, 0.2) is 66.0 Å². The minimum atomic E-state index is 0.669. The number of hydrogen-bond acceptors (Lipinski definition) is 7.